The highest BCUT2D eigenvalue weighted by atomic mass is 35.5. The standard InChI is InChI=1S/C17H16ClF3N2O3S2/c18-13-6-5-12(17(19,20)21)9-14(13)22-16(24)11-3-1-7-23(10-11)28(25,26)15-4-2-8-27-15/h2,4-6,8-9,11H,1,3,7,10H2,(H,22,24)/t11-/m0/s1. The number of thiophene rings is 1. The minimum Gasteiger partial charge on any atom is -0.324 e. The van der Waals surface area contributed by atoms with Gasteiger partial charge in [-0.05, 0) is 42.5 Å². The summed E-state index contributed by atoms with van der Waals surface area (Å²) < 4.78 is 65.4. The van der Waals surface area contributed by atoms with Crippen molar-refractivity contribution in [2.45, 2.75) is 23.2 Å². The van der Waals surface area contributed by atoms with Gasteiger partial charge in [-0.25, -0.2) is 8.42 Å². The van der Waals surface area contributed by atoms with E-state index in [2.05, 4.69) is 5.32 Å². The quantitative estimate of drug-likeness (QED) is 0.744. The third kappa shape index (κ3) is 4.51. The lowest BCUT2D eigenvalue weighted by Gasteiger charge is -2.30. The third-order valence-corrected chi connectivity index (χ3v) is 7.96. The molecule has 1 saturated heterocycles. The van der Waals surface area contributed by atoms with E-state index in [0.717, 1.165) is 29.5 Å². The minimum absolute atomic E-state index is 0.0276. The van der Waals surface area contributed by atoms with Crippen LogP contribution in [0.1, 0.15) is 18.4 Å². The van der Waals surface area contributed by atoms with Gasteiger partial charge in [0.15, 0.2) is 0 Å². The van der Waals surface area contributed by atoms with Crippen molar-refractivity contribution in [1.82, 2.24) is 4.31 Å². The molecule has 1 aromatic heterocycles. The minimum atomic E-state index is -4.57. The zero-order valence-electron chi connectivity index (χ0n) is 14.4. The monoisotopic (exact) mass is 452 g/mol. The van der Waals surface area contributed by atoms with E-state index in [1.165, 1.54) is 10.4 Å². The Morgan fingerprint density at radius 2 is 2.04 bits per heavy atom. The molecule has 0 unspecified atom stereocenters. The second-order valence-electron chi connectivity index (χ2n) is 6.32. The Hall–Kier alpha value is -1.62. The van der Waals surface area contributed by atoms with Crippen molar-refractivity contribution in [3.63, 3.8) is 0 Å². The van der Waals surface area contributed by atoms with Crippen LogP contribution in [0.5, 0.6) is 0 Å². The Kier molecular flexibility index (Phi) is 6.04. The molecule has 1 aromatic carbocycles. The van der Waals surface area contributed by atoms with Gasteiger partial charge in [-0.1, -0.05) is 17.7 Å². The van der Waals surface area contributed by atoms with Gasteiger partial charge in [-0.3, -0.25) is 4.79 Å². The molecule has 0 aliphatic carbocycles. The maximum atomic E-state index is 12.9. The molecule has 0 saturated carbocycles. The number of hydrogen-bond acceptors (Lipinski definition) is 4. The van der Waals surface area contributed by atoms with Crippen molar-refractivity contribution in [2.75, 3.05) is 18.4 Å². The van der Waals surface area contributed by atoms with Gasteiger partial charge >= 0.3 is 6.18 Å². The van der Waals surface area contributed by atoms with Gasteiger partial charge in [0.1, 0.15) is 4.21 Å². The molecule has 152 valence electrons. The van der Waals surface area contributed by atoms with Crippen molar-refractivity contribution in [3.8, 4) is 0 Å². The fourth-order valence-corrected chi connectivity index (χ4v) is 5.78. The van der Waals surface area contributed by atoms with Crippen LogP contribution in [-0.2, 0) is 21.0 Å². The number of carbonyl (C=O) groups is 1. The molecule has 11 heteroatoms. The average molecular weight is 453 g/mol. The highest BCUT2D eigenvalue weighted by Gasteiger charge is 2.35. The van der Waals surface area contributed by atoms with Crippen LogP contribution in [0.2, 0.25) is 5.02 Å². The van der Waals surface area contributed by atoms with Crippen molar-refractivity contribution in [2.24, 2.45) is 5.92 Å². The number of anilines is 1. The van der Waals surface area contributed by atoms with Gasteiger partial charge in [0.05, 0.1) is 22.2 Å². The molecule has 0 radical (unpaired) electrons. The third-order valence-electron chi connectivity index (χ3n) is 4.40. The smallest absolute Gasteiger partial charge is 0.324 e. The molecular formula is C17H16ClF3N2O3S2. The van der Waals surface area contributed by atoms with Crippen LogP contribution < -0.4 is 5.32 Å². The van der Waals surface area contributed by atoms with Gasteiger partial charge in [0, 0.05) is 13.1 Å². The molecule has 3 rings (SSSR count). The van der Waals surface area contributed by atoms with Crippen LogP contribution in [0.15, 0.2) is 39.9 Å². The second kappa shape index (κ2) is 8.02. The number of amides is 1. The van der Waals surface area contributed by atoms with E-state index in [1.54, 1.807) is 11.4 Å². The van der Waals surface area contributed by atoms with E-state index in [9.17, 15) is 26.4 Å². The molecule has 1 aliphatic rings. The Balaban J connectivity index is 1.75. The number of sulfonamides is 1. The molecule has 0 bridgehead atoms. The van der Waals surface area contributed by atoms with Gasteiger partial charge in [0.25, 0.3) is 10.0 Å². The first-order valence-electron chi connectivity index (χ1n) is 8.30. The lowest BCUT2D eigenvalue weighted by atomic mass is 9.98. The summed E-state index contributed by atoms with van der Waals surface area (Å²) >= 11 is 7.00. The van der Waals surface area contributed by atoms with Gasteiger partial charge < -0.3 is 5.32 Å². The van der Waals surface area contributed by atoms with Crippen molar-refractivity contribution >= 4 is 44.6 Å². The maximum Gasteiger partial charge on any atom is 0.416 e. The summed E-state index contributed by atoms with van der Waals surface area (Å²) in [6.07, 6.45) is -3.67. The molecule has 2 heterocycles. The Bertz CT molecular complexity index is 963. The van der Waals surface area contributed by atoms with Gasteiger partial charge in [-0.15, -0.1) is 11.3 Å². The fourth-order valence-electron chi connectivity index (χ4n) is 2.94. The number of halogens is 4. The first kappa shape index (κ1) is 21.1. The Morgan fingerprint density at radius 1 is 1.29 bits per heavy atom. The van der Waals surface area contributed by atoms with Crippen LogP contribution in [0, 0.1) is 5.92 Å². The van der Waals surface area contributed by atoms with Crippen molar-refractivity contribution in [3.05, 3.63) is 46.3 Å². The number of carbonyl (C=O) groups excluding carboxylic acids is 1. The lowest BCUT2D eigenvalue weighted by Crippen LogP contribution is -2.43. The molecule has 1 aliphatic heterocycles. The van der Waals surface area contributed by atoms with E-state index in [0.29, 0.717) is 12.8 Å². The van der Waals surface area contributed by atoms with Crippen LogP contribution in [-0.4, -0.2) is 31.7 Å². The first-order valence-corrected chi connectivity index (χ1v) is 11.0. The summed E-state index contributed by atoms with van der Waals surface area (Å²) in [5.74, 6) is -1.25. The molecule has 2 aromatic rings. The average Bonchev–Trinajstić information content (AvgIpc) is 3.18. The SMILES string of the molecule is O=C(Nc1cc(C(F)(F)F)ccc1Cl)[C@H]1CCCN(S(=O)(=O)c2cccs2)C1. The van der Waals surface area contributed by atoms with E-state index in [4.69, 9.17) is 11.6 Å². The Labute approximate surface area is 169 Å². The number of nitrogens with one attached hydrogen (secondary N) is 1. The first-order chi connectivity index (χ1) is 13.1. The van der Waals surface area contributed by atoms with E-state index in [-0.39, 0.29) is 28.0 Å². The zero-order valence-corrected chi connectivity index (χ0v) is 16.8. The highest BCUT2D eigenvalue weighted by Crippen LogP contribution is 2.34. The molecule has 5 nitrogen and oxygen atoms in total. The number of benzene rings is 1. The molecule has 1 fully saturated rings. The molecule has 1 N–H and O–H groups in total. The predicted molar refractivity (Wildman–Crippen MR) is 101 cm³/mol. The normalized spacial score (nSPS) is 18.8. The summed E-state index contributed by atoms with van der Waals surface area (Å²) in [5, 5.41) is 4.03. The number of rotatable bonds is 4. The zero-order chi connectivity index (χ0) is 20.5. The molecule has 1 atom stereocenters. The van der Waals surface area contributed by atoms with Crippen molar-refractivity contribution in [1.29, 1.82) is 0 Å². The molecule has 28 heavy (non-hydrogen) atoms. The van der Waals surface area contributed by atoms with Gasteiger partial charge in [0.2, 0.25) is 5.91 Å². The fraction of sp³-hybridized carbons (Fsp3) is 0.353. The van der Waals surface area contributed by atoms with E-state index in [1.807, 2.05) is 0 Å². The summed E-state index contributed by atoms with van der Waals surface area (Å²) in [4.78, 5) is 12.6. The second-order valence-corrected chi connectivity index (χ2v) is 9.84. The predicted octanol–water partition coefficient (Wildman–Crippen LogP) is 4.46. The molecule has 1 amide bonds. The highest BCUT2D eigenvalue weighted by molar-refractivity contribution is 7.91. The summed E-state index contributed by atoms with van der Waals surface area (Å²) in [6, 6.07) is 5.78. The summed E-state index contributed by atoms with van der Waals surface area (Å²) in [7, 11) is -3.70. The molecular weight excluding hydrogens is 437 g/mol. The number of nitrogens with zero attached hydrogens (tertiary/aromatic N) is 1. The summed E-state index contributed by atoms with van der Waals surface area (Å²) in [5.41, 5.74) is -1.09. The van der Waals surface area contributed by atoms with E-state index < -0.39 is 33.6 Å². The largest absolute Gasteiger partial charge is 0.416 e. The molecule has 0 spiro atoms. The van der Waals surface area contributed by atoms with Crippen LogP contribution in [0.4, 0.5) is 18.9 Å². The van der Waals surface area contributed by atoms with E-state index >= 15 is 0 Å². The Morgan fingerprint density at radius 3 is 2.68 bits per heavy atom. The van der Waals surface area contributed by atoms with Gasteiger partial charge in [-0.2, -0.15) is 17.5 Å². The lowest BCUT2D eigenvalue weighted by molar-refractivity contribution is -0.137. The number of piperidine rings is 1. The van der Waals surface area contributed by atoms with Crippen LogP contribution >= 0.6 is 22.9 Å². The number of hydrogen-bond donors (Lipinski definition) is 1. The number of alkyl halides is 3. The van der Waals surface area contributed by atoms with Crippen LogP contribution in [0.3, 0.4) is 0 Å². The summed E-state index contributed by atoms with van der Waals surface area (Å²) in [6.45, 7) is 0.247. The topological polar surface area (TPSA) is 66.5 Å². The van der Waals surface area contributed by atoms with Crippen LogP contribution in [0.25, 0.3) is 0 Å². The maximum absolute atomic E-state index is 12.9. The van der Waals surface area contributed by atoms with Crippen molar-refractivity contribution < 1.29 is 26.4 Å².